The number of benzene rings is 2. The van der Waals surface area contributed by atoms with Crippen LogP contribution in [0.4, 0.5) is 0 Å². The molecule has 0 fully saturated rings. The third-order valence-electron chi connectivity index (χ3n) is 4.61. The number of carbonyl (C=O) groups is 1. The second-order valence-corrected chi connectivity index (χ2v) is 6.71. The van der Waals surface area contributed by atoms with Gasteiger partial charge < -0.3 is 26.9 Å². The zero-order valence-corrected chi connectivity index (χ0v) is 16.6. The van der Waals surface area contributed by atoms with Gasteiger partial charge in [-0.05, 0) is 30.2 Å². The van der Waals surface area contributed by atoms with Crippen molar-refractivity contribution in [2.24, 2.45) is 11.5 Å². The molecule has 8 heteroatoms. The Balaban J connectivity index is 0.00000300. The summed E-state index contributed by atoms with van der Waals surface area (Å²) in [7, 11) is 0. The van der Waals surface area contributed by atoms with Crippen LogP contribution in [0.2, 0.25) is 0 Å². The average molecular weight is 414 g/mol. The van der Waals surface area contributed by atoms with Crippen LogP contribution in [-0.2, 0) is 0 Å². The minimum absolute atomic E-state index is 0. The summed E-state index contributed by atoms with van der Waals surface area (Å²) in [6, 6.07) is 16.5. The molecular weight excluding hydrogens is 390 g/mol. The molecule has 1 amide bonds. The fourth-order valence-corrected chi connectivity index (χ4v) is 3.16. The number of aromatic amines is 1. The van der Waals surface area contributed by atoms with Gasteiger partial charge in [-0.15, -0.1) is 12.4 Å². The summed E-state index contributed by atoms with van der Waals surface area (Å²) in [6.07, 6.45) is -0.374. The molecule has 29 heavy (non-hydrogen) atoms. The molecule has 0 saturated heterocycles. The van der Waals surface area contributed by atoms with Gasteiger partial charge in [-0.25, -0.2) is 0 Å². The summed E-state index contributed by atoms with van der Waals surface area (Å²) >= 11 is 0. The quantitative estimate of drug-likeness (QED) is 0.402. The summed E-state index contributed by atoms with van der Waals surface area (Å²) in [5.74, 6) is -0.284. The van der Waals surface area contributed by atoms with Gasteiger partial charge in [0, 0.05) is 35.6 Å². The number of nitriles is 1. The number of rotatable bonds is 7. The molecular formula is C21H24ClN5O2. The van der Waals surface area contributed by atoms with Crippen molar-refractivity contribution in [2.45, 2.75) is 18.6 Å². The van der Waals surface area contributed by atoms with Crippen molar-refractivity contribution < 1.29 is 9.90 Å². The van der Waals surface area contributed by atoms with E-state index in [9.17, 15) is 9.90 Å². The number of nitrogens with two attached hydrogens (primary N) is 2. The summed E-state index contributed by atoms with van der Waals surface area (Å²) in [5, 5.41) is 22.4. The maximum absolute atomic E-state index is 12.9. The third-order valence-corrected chi connectivity index (χ3v) is 4.61. The Labute approximate surface area is 175 Å². The van der Waals surface area contributed by atoms with Gasteiger partial charge in [0.25, 0.3) is 5.91 Å². The van der Waals surface area contributed by atoms with Crippen LogP contribution < -0.4 is 16.8 Å². The number of halogens is 1. The van der Waals surface area contributed by atoms with Crippen LogP contribution in [0.5, 0.6) is 0 Å². The second-order valence-electron chi connectivity index (χ2n) is 6.71. The van der Waals surface area contributed by atoms with Gasteiger partial charge in [-0.1, -0.05) is 30.3 Å². The van der Waals surface area contributed by atoms with Crippen molar-refractivity contribution in [3.63, 3.8) is 0 Å². The van der Waals surface area contributed by atoms with Crippen LogP contribution in [0, 0.1) is 11.3 Å². The zero-order chi connectivity index (χ0) is 20.1. The van der Waals surface area contributed by atoms with E-state index >= 15 is 0 Å². The van der Waals surface area contributed by atoms with Crippen LogP contribution in [0.3, 0.4) is 0 Å². The van der Waals surface area contributed by atoms with E-state index in [4.69, 9.17) is 16.7 Å². The molecule has 2 aromatic carbocycles. The van der Waals surface area contributed by atoms with E-state index in [0.29, 0.717) is 17.7 Å². The number of carbonyl (C=O) groups excluding carboxylic acids is 1. The maximum Gasteiger partial charge on any atom is 0.268 e. The number of amides is 1. The molecule has 1 aromatic heterocycles. The molecule has 1 heterocycles. The number of nitrogens with one attached hydrogen (secondary N) is 2. The average Bonchev–Trinajstić information content (AvgIpc) is 3.11. The first-order chi connectivity index (χ1) is 13.5. The number of fused-ring (bicyclic) bond motifs is 1. The molecule has 3 rings (SSSR count). The Bertz CT molecular complexity index is 1010. The van der Waals surface area contributed by atoms with Crippen molar-refractivity contribution in [3.05, 3.63) is 59.8 Å². The Morgan fingerprint density at radius 1 is 1.21 bits per heavy atom. The molecule has 2 atom stereocenters. The summed E-state index contributed by atoms with van der Waals surface area (Å²) in [4.78, 5) is 16.0. The number of hydrogen-bond acceptors (Lipinski definition) is 5. The molecule has 0 bridgehead atoms. The lowest BCUT2D eigenvalue weighted by molar-refractivity contribution is 0.0941. The number of nitrogens with zero attached hydrogens (tertiary/aromatic N) is 1. The maximum atomic E-state index is 12.9. The van der Waals surface area contributed by atoms with Crippen molar-refractivity contribution in [3.8, 4) is 17.2 Å². The van der Waals surface area contributed by atoms with Crippen LogP contribution in [0.25, 0.3) is 22.0 Å². The zero-order valence-electron chi connectivity index (χ0n) is 15.8. The minimum Gasteiger partial charge on any atom is -0.392 e. The number of hydrogen-bond donors (Lipinski definition) is 5. The molecule has 0 aliphatic rings. The van der Waals surface area contributed by atoms with Gasteiger partial charge in [0.15, 0.2) is 0 Å². The molecule has 0 saturated carbocycles. The molecule has 0 spiro atoms. The van der Waals surface area contributed by atoms with E-state index in [1.165, 1.54) is 0 Å². The Kier molecular flexibility index (Phi) is 7.76. The van der Waals surface area contributed by atoms with E-state index in [1.54, 1.807) is 12.1 Å². The number of aliphatic hydroxyl groups excluding tert-OH is 1. The lowest BCUT2D eigenvalue weighted by atomic mass is 10.0. The fourth-order valence-electron chi connectivity index (χ4n) is 3.16. The Morgan fingerprint density at radius 3 is 2.55 bits per heavy atom. The lowest BCUT2D eigenvalue weighted by Crippen LogP contribution is -2.40. The lowest BCUT2D eigenvalue weighted by Gasteiger charge is -2.16. The highest BCUT2D eigenvalue weighted by Gasteiger charge is 2.20. The Morgan fingerprint density at radius 2 is 1.90 bits per heavy atom. The minimum atomic E-state index is -0.686. The molecule has 3 aromatic rings. The number of H-pyrrole nitrogens is 1. The topological polar surface area (TPSA) is 141 Å². The number of aromatic nitrogens is 1. The van der Waals surface area contributed by atoms with E-state index in [0.717, 1.165) is 22.0 Å². The van der Waals surface area contributed by atoms with Gasteiger partial charge in [-0.2, -0.15) is 5.26 Å². The molecule has 1 unspecified atom stereocenters. The van der Waals surface area contributed by atoms with Crippen LogP contribution in [0.15, 0.2) is 48.5 Å². The van der Waals surface area contributed by atoms with Gasteiger partial charge in [0.05, 0.1) is 17.7 Å². The highest BCUT2D eigenvalue weighted by molar-refractivity contribution is 6.09. The van der Waals surface area contributed by atoms with E-state index in [-0.39, 0.29) is 31.4 Å². The predicted octanol–water partition coefficient (Wildman–Crippen LogP) is 1.90. The van der Waals surface area contributed by atoms with Gasteiger partial charge >= 0.3 is 0 Å². The number of aliphatic hydroxyl groups is 1. The first-order valence-electron chi connectivity index (χ1n) is 9.06. The first kappa shape index (κ1) is 22.4. The van der Waals surface area contributed by atoms with Gasteiger partial charge in [0.1, 0.15) is 5.69 Å². The molecule has 7 N–H and O–H groups in total. The van der Waals surface area contributed by atoms with Crippen molar-refractivity contribution in [1.29, 1.82) is 5.26 Å². The predicted molar refractivity (Wildman–Crippen MR) is 116 cm³/mol. The SMILES string of the molecule is Cl.N#Cc1ccc(-c2c(C(=O)NC[C@@H](N)CC(O)CN)[nH]c3ccccc23)cc1. The van der Waals surface area contributed by atoms with Crippen LogP contribution >= 0.6 is 12.4 Å². The first-order valence-corrected chi connectivity index (χ1v) is 9.06. The highest BCUT2D eigenvalue weighted by Crippen LogP contribution is 2.32. The highest BCUT2D eigenvalue weighted by atomic mass is 35.5. The molecule has 0 aliphatic heterocycles. The number of para-hydroxylation sites is 1. The third kappa shape index (κ3) is 5.13. The van der Waals surface area contributed by atoms with Crippen LogP contribution in [-0.4, -0.2) is 41.2 Å². The van der Waals surface area contributed by atoms with Gasteiger partial charge in [0.2, 0.25) is 0 Å². The molecule has 152 valence electrons. The monoisotopic (exact) mass is 413 g/mol. The van der Waals surface area contributed by atoms with E-state index in [2.05, 4.69) is 16.4 Å². The fraction of sp³-hybridized carbons (Fsp3) is 0.238. The Hall–Kier alpha value is -2.89. The molecule has 7 nitrogen and oxygen atoms in total. The largest absolute Gasteiger partial charge is 0.392 e. The van der Waals surface area contributed by atoms with Crippen molar-refractivity contribution in [1.82, 2.24) is 10.3 Å². The molecule has 0 aliphatic carbocycles. The van der Waals surface area contributed by atoms with E-state index < -0.39 is 12.1 Å². The van der Waals surface area contributed by atoms with Crippen LogP contribution in [0.1, 0.15) is 22.5 Å². The van der Waals surface area contributed by atoms with Crippen molar-refractivity contribution >= 4 is 29.2 Å². The van der Waals surface area contributed by atoms with Gasteiger partial charge in [-0.3, -0.25) is 4.79 Å². The second kappa shape index (κ2) is 10.0. The molecule has 0 radical (unpaired) electrons. The summed E-state index contributed by atoms with van der Waals surface area (Å²) < 4.78 is 0. The van der Waals surface area contributed by atoms with Crippen molar-refractivity contribution in [2.75, 3.05) is 13.1 Å². The normalized spacial score (nSPS) is 12.6. The van der Waals surface area contributed by atoms with E-state index in [1.807, 2.05) is 36.4 Å². The summed E-state index contributed by atoms with van der Waals surface area (Å²) in [6.45, 7) is 0.352. The standard InChI is InChI=1S/C21H23N5O2.ClH/c22-10-13-5-7-14(8-6-13)19-17-3-1-2-4-18(17)26-20(19)21(28)25-12-15(24)9-16(27)11-23;/h1-8,15-16,26-27H,9,11-12,23-24H2,(H,25,28);1H/t15-,16?;/m0./s1. The summed E-state index contributed by atoms with van der Waals surface area (Å²) in [5.41, 5.74) is 14.8. The smallest absolute Gasteiger partial charge is 0.268 e.